The molecule has 0 aliphatic heterocycles. The van der Waals surface area contributed by atoms with Gasteiger partial charge in [-0.3, -0.25) is 9.98 Å². The van der Waals surface area contributed by atoms with Crippen molar-refractivity contribution >= 4 is 41.7 Å². The number of benzene rings is 1. The fourth-order valence-electron chi connectivity index (χ4n) is 2.11. The molecule has 4 nitrogen and oxygen atoms in total. The number of hydrogen-bond donors (Lipinski definition) is 2. The first-order valence-corrected chi connectivity index (χ1v) is 8.54. The van der Waals surface area contributed by atoms with Crippen molar-refractivity contribution < 1.29 is 4.39 Å². The van der Waals surface area contributed by atoms with Crippen molar-refractivity contribution in [3.63, 3.8) is 0 Å². The van der Waals surface area contributed by atoms with Gasteiger partial charge in [-0.05, 0) is 42.5 Å². The third-order valence-electron chi connectivity index (χ3n) is 3.37. The summed E-state index contributed by atoms with van der Waals surface area (Å²) in [7, 11) is 1.69. The van der Waals surface area contributed by atoms with E-state index in [2.05, 4.69) is 52.0 Å². The molecular weight excluding hydrogens is 438 g/mol. The molecule has 1 aromatic carbocycles. The summed E-state index contributed by atoms with van der Waals surface area (Å²) in [5.41, 5.74) is 2.82. The summed E-state index contributed by atoms with van der Waals surface area (Å²) >= 11 is 1.72. The maximum atomic E-state index is 13.6. The van der Waals surface area contributed by atoms with E-state index in [9.17, 15) is 4.39 Å². The highest BCUT2D eigenvalue weighted by Gasteiger charge is 2.06. The molecule has 0 atom stereocenters. The van der Waals surface area contributed by atoms with E-state index in [1.165, 1.54) is 22.1 Å². The molecule has 0 aliphatic carbocycles. The highest BCUT2D eigenvalue weighted by molar-refractivity contribution is 14.0. The Hall–Kier alpha value is -1.35. The summed E-state index contributed by atoms with van der Waals surface area (Å²) < 4.78 is 13.6. The van der Waals surface area contributed by atoms with Gasteiger partial charge in [0.1, 0.15) is 5.82 Å². The van der Waals surface area contributed by atoms with Crippen LogP contribution in [0.3, 0.4) is 0 Å². The summed E-state index contributed by atoms with van der Waals surface area (Å²) in [5, 5.41) is 6.32. The van der Waals surface area contributed by atoms with Crippen LogP contribution in [0.4, 0.5) is 4.39 Å². The van der Waals surface area contributed by atoms with Crippen LogP contribution in [0.2, 0.25) is 0 Å². The molecule has 2 aromatic rings. The van der Waals surface area contributed by atoms with Gasteiger partial charge in [0, 0.05) is 24.7 Å². The molecule has 7 heteroatoms. The van der Waals surface area contributed by atoms with Crippen LogP contribution in [-0.4, -0.2) is 24.2 Å². The van der Waals surface area contributed by atoms with Gasteiger partial charge in [0.15, 0.2) is 5.96 Å². The molecule has 0 saturated heterocycles. The van der Waals surface area contributed by atoms with Gasteiger partial charge in [-0.2, -0.15) is 0 Å². The van der Waals surface area contributed by atoms with E-state index >= 15 is 0 Å². The fraction of sp³-hybridized carbons (Fsp3) is 0.294. The summed E-state index contributed by atoms with van der Waals surface area (Å²) in [6, 6.07) is 9.35. The number of rotatable bonds is 5. The van der Waals surface area contributed by atoms with Gasteiger partial charge in [-0.15, -0.1) is 35.7 Å². The summed E-state index contributed by atoms with van der Waals surface area (Å²) in [6.45, 7) is 3.02. The largest absolute Gasteiger partial charge is 0.352 e. The Labute approximate surface area is 163 Å². The van der Waals surface area contributed by atoms with Crippen molar-refractivity contribution in [2.75, 3.05) is 13.3 Å². The van der Waals surface area contributed by atoms with Crippen LogP contribution in [0, 0.1) is 12.7 Å². The van der Waals surface area contributed by atoms with Crippen LogP contribution in [0.5, 0.6) is 0 Å². The molecule has 0 amide bonds. The van der Waals surface area contributed by atoms with E-state index in [-0.39, 0.29) is 36.3 Å². The van der Waals surface area contributed by atoms with E-state index in [0.717, 1.165) is 0 Å². The summed E-state index contributed by atoms with van der Waals surface area (Å²) in [4.78, 5) is 9.41. The highest BCUT2D eigenvalue weighted by Crippen LogP contribution is 2.21. The third-order valence-corrected chi connectivity index (χ3v) is 4.19. The lowest BCUT2D eigenvalue weighted by Crippen LogP contribution is -2.36. The predicted molar refractivity (Wildman–Crippen MR) is 110 cm³/mol. The minimum Gasteiger partial charge on any atom is -0.352 e. The lowest BCUT2D eigenvalue weighted by Gasteiger charge is -2.14. The number of hydrogen-bond acceptors (Lipinski definition) is 3. The monoisotopic (exact) mass is 460 g/mol. The quantitative estimate of drug-likeness (QED) is 0.309. The topological polar surface area (TPSA) is 49.3 Å². The zero-order valence-corrected chi connectivity index (χ0v) is 17.1. The molecule has 0 spiro atoms. The Morgan fingerprint density at radius 2 is 2.00 bits per heavy atom. The van der Waals surface area contributed by atoms with Crippen molar-refractivity contribution in [3.8, 4) is 0 Å². The molecule has 1 aromatic heterocycles. The average Bonchev–Trinajstić information content (AvgIpc) is 2.57. The predicted octanol–water partition coefficient (Wildman–Crippen LogP) is 3.73. The zero-order chi connectivity index (χ0) is 16.7. The minimum atomic E-state index is -0.321. The number of halogens is 2. The first-order valence-electron chi connectivity index (χ1n) is 7.31. The maximum absolute atomic E-state index is 13.6. The lowest BCUT2D eigenvalue weighted by atomic mass is 10.1. The SMILES string of the molecule is CN=C(NCc1ccc(C)cc1SC)NCc1ncccc1F.I. The standard InChI is InChI=1S/C17H21FN4S.HI/c1-12-6-7-13(16(9-12)23-3)10-21-17(19-2)22-11-15-14(18)5-4-8-20-15;/h4-9H,10-11H2,1-3H3,(H2,19,21,22);1H. The van der Waals surface area contributed by atoms with Crippen LogP contribution in [0.1, 0.15) is 16.8 Å². The fourth-order valence-corrected chi connectivity index (χ4v) is 2.82. The van der Waals surface area contributed by atoms with Crippen molar-refractivity contribution in [1.29, 1.82) is 0 Å². The Kier molecular flexibility index (Phi) is 9.05. The Bertz CT molecular complexity index is 694. The molecule has 0 radical (unpaired) electrons. The Balaban J connectivity index is 0.00000288. The van der Waals surface area contributed by atoms with Crippen LogP contribution >= 0.6 is 35.7 Å². The van der Waals surface area contributed by atoms with Gasteiger partial charge in [0.05, 0.1) is 12.2 Å². The summed E-state index contributed by atoms with van der Waals surface area (Å²) in [5.74, 6) is 0.293. The average molecular weight is 460 g/mol. The van der Waals surface area contributed by atoms with Crippen LogP contribution in [0.15, 0.2) is 46.4 Å². The highest BCUT2D eigenvalue weighted by atomic mass is 127. The molecule has 0 fully saturated rings. The van der Waals surface area contributed by atoms with E-state index in [0.29, 0.717) is 18.2 Å². The molecule has 130 valence electrons. The number of aliphatic imine (C=N–C) groups is 1. The van der Waals surface area contributed by atoms with Gasteiger partial charge < -0.3 is 10.6 Å². The molecule has 0 aliphatic rings. The second kappa shape index (κ2) is 10.5. The number of aryl methyl sites for hydroxylation is 1. The Morgan fingerprint density at radius 1 is 1.25 bits per heavy atom. The van der Waals surface area contributed by atoms with Gasteiger partial charge >= 0.3 is 0 Å². The van der Waals surface area contributed by atoms with Crippen molar-refractivity contribution in [3.05, 3.63) is 59.2 Å². The first-order chi connectivity index (χ1) is 11.1. The smallest absolute Gasteiger partial charge is 0.191 e. The minimum absolute atomic E-state index is 0. The van der Waals surface area contributed by atoms with Crippen molar-refractivity contribution in [2.45, 2.75) is 24.9 Å². The molecule has 1 heterocycles. The summed E-state index contributed by atoms with van der Waals surface area (Å²) in [6.07, 6.45) is 3.64. The Morgan fingerprint density at radius 3 is 2.67 bits per heavy atom. The van der Waals surface area contributed by atoms with Gasteiger partial charge in [0.25, 0.3) is 0 Å². The van der Waals surface area contributed by atoms with E-state index in [1.807, 2.05) is 0 Å². The van der Waals surface area contributed by atoms with Crippen LogP contribution < -0.4 is 10.6 Å². The lowest BCUT2D eigenvalue weighted by molar-refractivity contribution is 0.592. The van der Waals surface area contributed by atoms with Crippen LogP contribution in [0.25, 0.3) is 0 Å². The number of nitrogens with zero attached hydrogens (tertiary/aromatic N) is 2. The van der Waals surface area contributed by atoms with Crippen molar-refractivity contribution in [1.82, 2.24) is 15.6 Å². The van der Waals surface area contributed by atoms with E-state index < -0.39 is 0 Å². The molecular formula is C17H22FIN4S. The van der Waals surface area contributed by atoms with E-state index in [4.69, 9.17) is 0 Å². The number of thioether (sulfide) groups is 1. The molecule has 24 heavy (non-hydrogen) atoms. The molecule has 2 N–H and O–H groups in total. The van der Waals surface area contributed by atoms with E-state index in [1.54, 1.807) is 31.1 Å². The molecule has 2 rings (SSSR count). The molecule has 0 unspecified atom stereocenters. The number of guanidine groups is 1. The number of aromatic nitrogens is 1. The van der Waals surface area contributed by atoms with Crippen LogP contribution in [-0.2, 0) is 13.1 Å². The van der Waals surface area contributed by atoms with Gasteiger partial charge in [-0.25, -0.2) is 4.39 Å². The third kappa shape index (κ3) is 5.94. The van der Waals surface area contributed by atoms with Crippen molar-refractivity contribution in [2.24, 2.45) is 4.99 Å². The van der Waals surface area contributed by atoms with Gasteiger partial charge in [0.2, 0.25) is 0 Å². The normalized spacial score (nSPS) is 10.9. The maximum Gasteiger partial charge on any atom is 0.191 e. The zero-order valence-electron chi connectivity index (χ0n) is 14.0. The molecule has 0 bridgehead atoms. The first kappa shape index (κ1) is 20.7. The van der Waals surface area contributed by atoms with Gasteiger partial charge in [-0.1, -0.05) is 12.1 Å². The number of nitrogens with one attached hydrogen (secondary N) is 2. The molecule has 0 saturated carbocycles. The number of pyridine rings is 1. The second-order valence-electron chi connectivity index (χ2n) is 5.03. The second-order valence-corrected chi connectivity index (χ2v) is 5.87.